The van der Waals surface area contributed by atoms with Crippen LogP contribution in [0.15, 0.2) is 0 Å². The first kappa shape index (κ1) is 9.03. The maximum absolute atomic E-state index is 11.1. The first-order chi connectivity index (χ1) is 5.59. The summed E-state index contributed by atoms with van der Waals surface area (Å²) in [4.78, 5) is 21.9. The van der Waals surface area contributed by atoms with Gasteiger partial charge in [-0.2, -0.15) is 0 Å². The van der Waals surface area contributed by atoms with E-state index in [9.17, 15) is 9.59 Å². The molecule has 0 aliphatic heterocycles. The molecule has 12 heavy (non-hydrogen) atoms. The van der Waals surface area contributed by atoms with Crippen molar-refractivity contribution in [2.24, 2.45) is 11.3 Å². The van der Waals surface area contributed by atoms with Crippen molar-refractivity contribution in [3.8, 4) is 0 Å². The van der Waals surface area contributed by atoms with Crippen molar-refractivity contribution in [1.82, 2.24) is 0 Å². The Labute approximate surface area is 70.5 Å². The van der Waals surface area contributed by atoms with Gasteiger partial charge in [-0.15, -0.1) is 0 Å². The lowest BCUT2D eigenvalue weighted by Gasteiger charge is -2.07. The van der Waals surface area contributed by atoms with Crippen LogP contribution in [0.25, 0.3) is 0 Å². The highest BCUT2D eigenvalue weighted by Crippen LogP contribution is 2.55. The van der Waals surface area contributed by atoms with Gasteiger partial charge in [0.2, 0.25) is 0 Å². The van der Waals surface area contributed by atoms with Crippen molar-refractivity contribution in [3.05, 3.63) is 0 Å². The van der Waals surface area contributed by atoms with E-state index in [-0.39, 0.29) is 5.92 Å². The number of hydrogen-bond acceptors (Lipinski definition) is 3. The van der Waals surface area contributed by atoms with Crippen LogP contribution in [-0.2, 0) is 14.3 Å². The van der Waals surface area contributed by atoms with Crippen molar-refractivity contribution in [3.63, 3.8) is 0 Å². The number of aliphatic carboxylic acids is 1. The summed E-state index contributed by atoms with van der Waals surface area (Å²) in [6.45, 7) is 1.87. The predicted octanol–water partition coefficient (Wildman–Crippen LogP) is 0.660. The smallest absolute Gasteiger partial charge is 0.323 e. The van der Waals surface area contributed by atoms with E-state index in [1.807, 2.05) is 6.92 Å². The minimum absolute atomic E-state index is 0.0394. The van der Waals surface area contributed by atoms with E-state index in [1.165, 1.54) is 7.11 Å². The van der Waals surface area contributed by atoms with Crippen LogP contribution >= 0.6 is 0 Å². The van der Waals surface area contributed by atoms with Crippen LogP contribution in [0.2, 0.25) is 0 Å². The topological polar surface area (TPSA) is 63.6 Å². The molecule has 1 fully saturated rings. The highest BCUT2D eigenvalue weighted by atomic mass is 16.5. The average Bonchev–Trinajstić information content (AvgIpc) is 2.78. The second-order valence-corrected chi connectivity index (χ2v) is 3.08. The molecule has 0 aromatic carbocycles. The Morgan fingerprint density at radius 3 is 2.50 bits per heavy atom. The van der Waals surface area contributed by atoms with Crippen LogP contribution in [0, 0.1) is 11.3 Å². The molecule has 4 nitrogen and oxygen atoms in total. The highest BCUT2D eigenvalue weighted by Gasteiger charge is 2.66. The molecule has 0 amide bonds. The van der Waals surface area contributed by atoms with Gasteiger partial charge in [0.05, 0.1) is 7.11 Å². The summed E-state index contributed by atoms with van der Waals surface area (Å²) in [5.41, 5.74) is -1.22. The number of carboxylic acid groups (broad SMARTS) is 1. The molecule has 0 saturated heterocycles. The Hall–Kier alpha value is -1.06. The number of carbonyl (C=O) groups excluding carboxylic acids is 1. The largest absolute Gasteiger partial charge is 0.480 e. The molecule has 0 bridgehead atoms. The third kappa shape index (κ3) is 0.983. The fourth-order valence-electron chi connectivity index (χ4n) is 1.60. The molecule has 0 heterocycles. The third-order valence-electron chi connectivity index (χ3n) is 2.53. The van der Waals surface area contributed by atoms with Crippen molar-refractivity contribution < 1.29 is 19.4 Å². The summed E-state index contributed by atoms with van der Waals surface area (Å²) in [5, 5.41) is 8.81. The Morgan fingerprint density at radius 2 is 2.25 bits per heavy atom. The lowest BCUT2D eigenvalue weighted by atomic mass is 10.0. The highest BCUT2D eigenvalue weighted by molar-refractivity contribution is 6.02. The second kappa shape index (κ2) is 2.77. The molecule has 1 N–H and O–H groups in total. The minimum atomic E-state index is -1.22. The van der Waals surface area contributed by atoms with Gasteiger partial charge < -0.3 is 9.84 Å². The maximum Gasteiger partial charge on any atom is 0.323 e. The summed E-state index contributed by atoms with van der Waals surface area (Å²) in [6.07, 6.45) is 1.13. The molecular formula is C8H12O4. The Morgan fingerprint density at radius 1 is 1.67 bits per heavy atom. The van der Waals surface area contributed by atoms with E-state index < -0.39 is 17.4 Å². The zero-order chi connectivity index (χ0) is 9.35. The minimum Gasteiger partial charge on any atom is -0.480 e. The molecule has 1 saturated carbocycles. The van der Waals surface area contributed by atoms with E-state index >= 15 is 0 Å². The third-order valence-corrected chi connectivity index (χ3v) is 2.53. The average molecular weight is 172 g/mol. The van der Waals surface area contributed by atoms with E-state index in [2.05, 4.69) is 4.74 Å². The van der Waals surface area contributed by atoms with Crippen LogP contribution in [0.1, 0.15) is 19.8 Å². The predicted molar refractivity (Wildman–Crippen MR) is 40.5 cm³/mol. The van der Waals surface area contributed by atoms with E-state index in [1.54, 1.807) is 0 Å². The van der Waals surface area contributed by atoms with Crippen molar-refractivity contribution in [2.45, 2.75) is 19.8 Å². The quantitative estimate of drug-likeness (QED) is 0.501. The van der Waals surface area contributed by atoms with Crippen LogP contribution in [0.3, 0.4) is 0 Å². The standard InChI is InChI=1S/C8H12O4/c1-3-5-4-8(5,6(9)10)7(11)12-2/h5H,3-4H2,1-2H3,(H,9,10)/t5-,8+/m0/s1. The van der Waals surface area contributed by atoms with Gasteiger partial charge in [0.25, 0.3) is 0 Å². The first-order valence-electron chi connectivity index (χ1n) is 3.91. The lowest BCUT2D eigenvalue weighted by Crippen LogP contribution is -2.28. The van der Waals surface area contributed by atoms with Gasteiger partial charge in [0.1, 0.15) is 0 Å². The molecule has 0 spiro atoms. The van der Waals surface area contributed by atoms with Crippen LogP contribution in [0.5, 0.6) is 0 Å². The molecule has 68 valence electrons. The molecular weight excluding hydrogens is 160 g/mol. The van der Waals surface area contributed by atoms with Gasteiger partial charge in [0.15, 0.2) is 5.41 Å². The molecule has 0 aromatic heterocycles. The van der Waals surface area contributed by atoms with Gasteiger partial charge in [-0.25, -0.2) is 0 Å². The Balaban J connectivity index is 2.78. The molecule has 1 rings (SSSR count). The number of rotatable bonds is 3. The van der Waals surface area contributed by atoms with E-state index in [0.29, 0.717) is 12.8 Å². The number of methoxy groups -OCH3 is 1. The Kier molecular flexibility index (Phi) is 2.08. The van der Waals surface area contributed by atoms with Gasteiger partial charge >= 0.3 is 11.9 Å². The molecule has 4 heteroatoms. The first-order valence-corrected chi connectivity index (χ1v) is 3.91. The zero-order valence-electron chi connectivity index (χ0n) is 7.16. The van der Waals surface area contributed by atoms with Crippen molar-refractivity contribution >= 4 is 11.9 Å². The lowest BCUT2D eigenvalue weighted by molar-refractivity contribution is -0.160. The Bertz CT molecular complexity index is 223. The van der Waals surface area contributed by atoms with Crippen LogP contribution in [0.4, 0.5) is 0 Å². The van der Waals surface area contributed by atoms with Gasteiger partial charge in [-0.1, -0.05) is 13.3 Å². The van der Waals surface area contributed by atoms with Crippen molar-refractivity contribution in [1.29, 1.82) is 0 Å². The monoisotopic (exact) mass is 172 g/mol. The summed E-state index contributed by atoms with van der Waals surface area (Å²) in [6, 6.07) is 0. The maximum atomic E-state index is 11.1. The summed E-state index contributed by atoms with van der Waals surface area (Å²) in [7, 11) is 1.22. The number of carbonyl (C=O) groups is 2. The van der Waals surface area contributed by atoms with Crippen LogP contribution < -0.4 is 0 Å². The molecule has 0 aromatic rings. The van der Waals surface area contributed by atoms with Crippen LogP contribution in [-0.4, -0.2) is 24.2 Å². The number of carboxylic acids is 1. The summed E-state index contributed by atoms with van der Waals surface area (Å²) >= 11 is 0. The molecule has 0 radical (unpaired) electrons. The molecule has 2 atom stereocenters. The van der Waals surface area contributed by atoms with Gasteiger partial charge in [-0.3, -0.25) is 9.59 Å². The molecule has 0 unspecified atom stereocenters. The summed E-state index contributed by atoms with van der Waals surface area (Å²) < 4.78 is 4.45. The normalized spacial score (nSPS) is 32.7. The SMILES string of the molecule is CC[C@H]1C[C@@]1(C(=O)O)C(=O)OC. The van der Waals surface area contributed by atoms with E-state index in [4.69, 9.17) is 5.11 Å². The zero-order valence-corrected chi connectivity index (χ0v) is 7.16. The fourth-order valence-corrected chi connectivity index (χ4v) is 1.60. The molecule has 1 aliphatic rings. The number of ether oxygens (including phenoxy) is 1. The summed E-state index contributed by atoms with van der Waals surface area (Å²) in [5.74, 6) is -1.70. The van der Waals surface area contributed by atoms with Gasteiger partial charge in [0, 0.05) is 0 Å². The van der Waals surface area contributed by atoms with E-state index in [0.717, 1.165) is 0 Å². The fraction of sp³-hybridized carbons (Fsp3) is 0.750. The second-order valence-electron chi connectivity index (χ2n) is 3.08. The van der Waals surface area contributed by atoms with Crippen molar-refractivity contribution in [2.75, 3.05) is 7.11 Å². The molecule has 1 aliphatic carbocycles. The number of esters is 1. The van der Waals surface area contributed by atoms with Gasteiger partial charge in [-0.05, 0) is 12.3 Å². The number of hydrogen-bond donors (Lipinski definition) is 1.